The van der Waals surface area contributed by atoms with Crippen molar-refractivity contribution in [3.8, 4) is 0 Å². The van der Waals surface area contributed by atoms with E-state index in [0.717, 1.165) is 12.8 Å². The lowest BCUT2D eigenvalue weighted by Gasteiger charge is -2.58. The number of allylic oxidation sites excluding steroid dienone is 1. The molecule has 0 aromatic carbocycles. The monoisotopic (exact) mass is 266 g/mol. The van der Waals surface area contributed by atoms with Crippen molar-refractivity contribution in [2.45, 2.75) is 63.6 Å². The molecular weight excluding hydrogens is 244 g/mol. The van der Waals surface area contributed by atoms with Gasteiger partial charge in [-0.2, -0.15) is 0 Å². The molecule has 19 heavy (non-hydrogen) atoms. The summed E-state index contributed by atoms with van der Waals surface area (Å²) < 4.78 is 11.7. The Kier molecular flexibility index (Phi) is 2.00. The van der Waals surface area contributed by atoms with Crippen LogP contribution in [0.5, 0.6) is 0 Å². The first-order chi connectivity index (χ1) is 8.78. The van der Waals surface area contributed by atoms with Gasteiger partial charge in [-0.25, -0.2) is 0 Å². The fourth-order valence-corrected chi connectivity index (χ4v) is 4.88. The molecule has 0 aromatic heterocycles. The number of rotatable bonds is 0. The van der Waals surface area contributed by atoms with Gasteiger partial charge in [-0.15, -0.1) is 0 Å². The molecule has 2 heterocycles. The van der Waals surface area contributed by atoms with Gasteiger partial charge in [0.05, 0.1) is 12.7 Å². The molecule has 0 aromatic rings. The van der Waals surface area contributed by atoms with Crippen LogP contribution >= 0.6 is 0 Å². The van der Waals surface area contributed by atoms with Gasteiger partial charge in [0.2, 0.25) is 0 Å². The van der Waals surface area contributed by atoms with Crippen LogP contribution in [-0.2, 0) is 9.47 Å². The molecule has 2 aliphatic carbocycles. The van der Waals surface area contributed by atoms with E-state index in [4.69, 9.17) is 9.47 Å². The van der Waals surface area contributed by atoms with Crippen LogP contribution in [0.3, 0.4) is 0 Å². The molecule has 0 unspecified atom stereocenters. The average molecular weight is 266 g/mol. The Bertz CT molecular complexity index is 483. The third-order valence-corrected chi connectivity index (χ3v) is 6.57. The summed E-state index contributed by atoms with van der Waals surface area (Å²) >= 11 is 0. The first-order valence-electron chi connectivity index (χ1n) is 7.17. The van der Waals surface area contributed by atoms with Gasteiger partial charge in [0.15, 0.2) is 5.79 Å². The fourth-order valence-electron chi connectivity index (χ4n) is 4.88. The smallest absolute Gasteiger partial charge is 0.196 e. The van der Waals surface area contributed by atoms with Crippen molar-refractivity contribution in [1.29, 1.82) is 0 Å². The summed E-state index contributed by atoms with van der Waals surface area (Å²) in [5, 5.41) is 21.4. The van der Waals surface area contributed by atoms with E-state index >= 15 is 0 Å². The van der Waals surface area contributed by atoms with Crippen molar-refractivity contribution in [3.05, 3.63) is 11.6 Å². The summed E-state index contributed by atoms with van der Waals surface area (Å²) in [5.74, 6) is -1.45. The Morgan fingerprint density at radius 3 is 2.68 bits per heavy atom. The lowest BCUT2D eigenvalue weighted by atomic mass is 9.52. The van der Waals surface area contributed by atoms with Crippen LogP contribution in [0.1, 0.15) is 40.0 Å². The maximum atomic E-state index is 10.7. The van der Waals surface area contributed by atoms with E-state index in [0.29, 0.717) is 13.0 Å². The topological polar surface area (TPSA) is 62.2 Å². The van der Waals surface area contributed by atoms with E-state index in [1.165, 1.54) is 5.57 Å². The minimum Gasteiger partial charge on any atom is -0.387 e. The van der Waals surface area contributed by atoms with Crippen molar-refractivity contribution in [2.75, 3.05) is 6.61 Å². The molecule has 1 saturated carbocycles. The molecule has 4 nitrogen and oxygen atoms in total. The van der Waals surface area contributed by atoms with Crippen LogP contribution in [-0.4, -0.2) is 40.4 Å². The van der Waals surface area contributed by atoms with Gasteiger partial charge in [-0.3, -0.25) is 0 Å². The third kappa shape index (κ3) is 1.13. The Labute approximate surface area is 113 Å². The summed E-state index contributed by atoms with van der Waals surface area (Å²) in [4.78, 5) is 0. The number of epoxide rings is 1. The van der Waals surface area contributed by atoms with Crippen LogP contribution < -0.4 is 0 Å². The van der Waals surface area contributed by atoms with Gasteiger partial charge in [0.1, 0.15) is 11.7 Å². The molecule has 2 bridgehead atoms. The SMILES string of the molecule is CC1=C[C@@H]2O[C@@]3(O)C[C@@]4(CO4)[C@](C)([C@@H]3O)[C@@]2(C)CC1. The molecule has 4 aliphatic rings. The lowest BCUT2D eigenvalue weighted by Crippen LogP contribution is -2.65. The fraction of sp³-hybridized carbons (Fsp3) is 0.867. The van der Waals surface area contributed by atoms with Crippen LogP contribution in [0.25, 0.3) is 0 Å². The summed E-state index contributed by atoms with van der Waals surface area (Å²) in [6.07, 6.45) is 3.48. The van der Waals surface area contributed by atoms with E-state index in [-0.39, 0.29) is 11.5 Å². The van der Waals surface area contributed by atoms with Gasteiger partial charge >= 0.3 is 0 Å². The molecule has 2 aliphatic heterocycles. The number of fused-ring (bicyclic) bond motifs is 5. The van der Waals surface area contributed by atoms with Gasteiger partial charge in [-0.05, 0) is 19.8 Å². The van der Waals surface area contributed by atoms with Crippen molar-refractivity contribution < 1.29 is 19.7 Å². The van der Waals surface area contributed by atoms with Crippen LogP contribution in [0.4, 0.5) is 0 Å². The molecule has 2 saturated heterocycles. The van der Waals surface area contributed by atoms with E-state index in [9.17, 15) is 10.2 Å². The number of aliphatic hydroxyl groups is 2. The second kappa shape index (κ2) is 3.08. The maximum Gasteiger partial charge on any atom is 0.196 e. The molecule has 4 rings (SSSR count). The number of hydrogen-bond donors (Lipinski definition) is 2. The summed E-state index contributed by atoms with van der Waals surface area (Å²) in [7, 11) is 0. The van der Waals surface area contributed by atoms with Gasteiger partial charge in [0.25, 0.3) is 0 Å². The number of aliphatic hydroxyl groups excluding tert-OH is 1. The third-order valence-electron chi connectivity index (χ3n) is 6.57. The molecule has 2 N–H and O–H groups in total. The quantitative estimate of drug-likeness (QED) is 0.513. The Balaban J connectivity index is 1.91. The lowest BCUT2D eigenvalue weighted by molar-refractivity contribution is -0.333. The molecule has 3 fully saturated rings. The predicted molar refractivity (Wildman–Crippen MR) is 68.3 cm³/mol. The highest BCUT2D eigenvalue weighted by atomic mass is 16.7. The van der Waals surface area contributed by atoms with Crippen LogP contribution in [0, 0.1) is 10.8 Å². The van der Waals surface area contributed by atoms with E-state index in [1.807, 2.05) is 0 Å². The van der Waals surface area contributed by atoms with Crippen LogP contribution in [0.2, 0.25) is 0 Å². The Morgan fingerprint density at radius 1 is 1.37 bits per heavy atom. The first kappa shape index (κ1) is 12.3. The van der Waals surface area contributed by atoms with Crippen molar-refractivity contribution >= 4 is 0 Å². The normalized spacial score (nSPS) is 62.9. The molecule has 0 radical (unpaired) electrons. The highest BCUT2D eigenvalue weighted by molar-refractivity contribution is 5.31. The Hall–Kier alpha value is -0.420. The molecule has 106 valence electrons. The highest BCUT2D eigenvalue weighted by Crippen LogP contribution is 2.72. The van der Waals surface area contributed by atoms with E-state index < -0.39 is 22.9 Å². The van der Waals surface area contributed by atoms with Crippen molar-refractivity contribution in [2.24, 2.45) is 10.8 Å². The maximum absolute atomic E-state index is 10.7. The number of ether oxygens (including phenoxy) is 2. The summed E-state index contributed by atoms with van der Waals surface area (Å²) in [6.45, 7) is 6.98. The summed E-state index contributed by atoms with van der Waals surface area (Å²) in [6, 6.07) is 0. The van der Waals surface area contributed by atoms with Gasteiger partial charge in [-0.1, -0.05) is 25.5 Å². The largest absolute Gasteiger partial charge is 0.387 e. The first-order valence-corrected chi connectivity index (χ1v) is 7.17. The predicted octanol–water partition coefficient (Wildman–Crippen LogP) is 1.36. The molecule has 1 spiro atoms. The highest BCUT2D eigenvalue weighted by Gasteiger charge is 2.83. The molecule has 0 amide bonds. The van der Waals surface area contributed by atoms with Crippen molar-refractivity contribution in [3.63, 3.8) is 0 Å². The summed E-state index contributed by atoms with van der Waals surface area (Å²) in [5.41, 5.74) is 0.264. The minimum absolute atomic E-state index is 0.136. The Morgan fingerprint density at radius 2 is 2.05 bits per heavy atom. The minimum atomic E-state index is -1.45. The zero-order chi connectivity index (χ0) is 13.7. The zero-order valence-electron chi connectivity index (χ0n) is 11.8. The van der Waals surface area contributed by atoms with E-state index in [2.05, 4.69) is 26.8 Å². The average Bonchev–Trinajstić information content (AvgIpc) is 3.09. The zero-order valence-corrected chi connectivity index (χ0v) is 11.8. The second-order valence-corrected chi connectivity index (χ2v) is 7.38. The molecular formula is C15H22O4. The van der Waals surface area contributed by atoms with E-state index in [1.54, 1.807) is 0 Å². The van der Waals surface area contributed by atoms with Gasteiger partial charge in [0, 0.05) is 17.3 Å². The van der Waals surface area contributed by atoms with Crippen LogP contribution in [0.15, 0.2) is 11.6 Å². The standard InChI is InChI=1S/C15H22O4/c1-9-4-5-12(2)10(6-9)19-15(17)7-14(8-18-14)13(12,3)11(15)16/h6,10-11,16-17H,4-5,7-8H2,1-3H3/t10-,11-,12-,13+,14+,15-/m0/s1. The van der Waals surface area contributed by atoms with Crippen molar-refractivity contribution in [1.82, 2.24) is 0 Å². The molecule has 4 heteroatoms. The molecule has 6 atom stereocenters. The number of hydrogen-bond acceptors (Lipinski definition) is 4. The second-order valence-electron chi connectivity index (χ2n) is 7.38. The van der Waals surface area contributed by atoms with Gasteiger partial charge < -0.3 is 19.7 Å².